The van der Waals surface area contributed by atoms with Gasteiger partial charge in [0.15, 0.2) is 0 Å². The summed E-state index contributed by atoms with van der Waals surface area (Å²) in [7, 11) is 0. The maximum Gasteiger partial charge on any atom is 0.123 e. The monoisotopic (exact) mass is 311 g/mol. The predicted octanol–water partition coefficient (Wildman–Crippen LogP) is 4.55. The van der Waals surface area contributed by atoms with Gasteiger partial charge in [0.25, 0.3) is 0 Å². The topological polar surface area (TPSA) is 35.2 Å². The Labute approximate surface area is 140 Å². The fourth-order valence-electron chi connectivity index (χ4n) is 2.93. The Morgan fingerprint density at radius 1 is 0.957 bits per heavy atom. The van der Waals surface area contributed by atoms with Crippen molar-refractivity contribution in [3.8, 4) is 5.75 Å². The van der Waals surface area contributed by atoms with Crippen molar-refractivity contribution < 1.29 is 4.74 Å². The van der Waals surface area contributed by atoms with E-state index in [2.05, 4.69) is 57.2 Å². The van der Waals surface area contributed by atoms with Crippen LogP contribution in [0.4, 0.5) is 0 Å². The summed E-state index contributed by atoms with van der Waals surface area (Å²) in [6.07, 6.45) is 2.02. The Bertz CT molecular complexity index is 631. The first-order valence-corrected chi connectivity index (χ1v) is 8.60. The molecule has 0 amide bonds. The quantitative estimate of drug-likeness (QED) is 0.814. The Morgan fingerprint density at radius 3 is 2.13 bits per heavy atom. The van der Waals surface area contributed by atoms with Crippen molar-refractivity contribution in [1.82, 2.24) is 0 Å². The molecule has 2 N–H and O–H groups in total. The number of nitrogens with two attached hydrogens (primary N) is 1. The van der Waals surface area contributed by atoms with Gasteiger partial charge in [0.1, 0.15) is 5.75 Å². The first-order chi connectivity index (χ1) is 11.1. The fourth-order valence-corrected chi connectivity index (χ4v) is 2.93. The lowest BCUT2D eigenvalue weighted by Crippen LogP contribution is -2.16. The van der Waals surface area contributed by atoms with E-state index < -0.39 is 0 Å². The van der Waals surface area contributed by atoms with Gasteiger partial charge in [-0.25, -0.2) is 0 Å². The summed E-state index contributed by atoms with van der Waals surface area (Å²) in [5, 5.41) is 0. The Kier molecular flexibility index (Phi) is 6.23. The third kappa shape index (κ3) is 4.35. The van der Waals surface area contributed by atoms with Gasteiger partial charge in [-0.15, -0.1) is 0 Å². The predicted molar refractivity (Wildman–Crippen MR) is 98.4 cm³/mol. The molecule has 0 saturated carbocycles. The van der Waals surface area contributed by atoms with Crippen molar-refractivity contribution in [3.05, 3.63) is 64.2 Å². The van der Waals surface area contributed by atoms with Crippen molar-refractivity contribution in [3.63, 3.8) is 0 Å². The molecule has 2 nitrogen and oxygen atoms in total. The van der Waals surface area contributed by atoms with Gasteiger partial charge in [0.05, 0.1) is 6.61 Å². The molecular weight excluding hydrogens is 282 g/mol. The molecule has 0 spiro atoms. The minimum absolute atomic E-state index is 0.281. The van der Waals surface area contributed by atoms with Gasteiger partial charge in [0, 0.05) is 5.92 Å². The van der Waals surface area contributed by atoms with Crippen LogP contribution in [0.5, 0.6) is 5.75 Å². The number of aryl methyl sites for hydroxylation is 3. The van der Waals surface area contributed by atoms with Gasteiger partial charge in [-0.1, -0.05) is 37.3 Å². The lowest BCUT2D eigenvalue weighted by molar-refractivity contribution is 0.333. The maximum absolute atomic E-state index is 6.11. The van der Waals surface area contributed by atoms with E-state index in [1.807, 2.05) is 6.92 Å². The van der Waals surface area contributed by atoms with Crippen LogP contribution in [0.25, 0.3) is 0 Å². The second-order valence-corrected chi connectivity index (χ2v) is 6.21. The van der Waals surface area contributed by atoms with Crippen LogP contribution < -0.4 is 10.5 Å². The number of hydrogen-bond donors (Lipinski definition) is 1. The van der Waals surface area contributed by atoms with Crippen molar-refractivity contribution in [2.24, 2.45) is 5.73 Å². The molecule has 0 bridgehead atoms. The zero-order valence-corrected chi connectivity index (χ0v) is 14.9. The van der Waals surface area contributed by atoms with Crippen LogP contribution >= 0.6 is 0 Å². The van der Waals surface area contributed by atoms with Crippen LogP contribution in [-0.4, -0.2) is 13.2 Å². The zero-order valence-electron chi connectivity index (χ0n) is 14.9. The molecule has 0 aliphatic rings. The van der Waals surface area contributed by atoms with E-state index >= 15 is 0 Å². The van der Waals surface area contributed by atoms with Crippen LogP contribution in [0, 0.1) is 13.8 Å². The van der Waals surface area contributed by atoms with Crippen molar-refractivity contribution >= 4 is 0 Å². The highest BCUT2D eigenvalue weighted by Crippen LogP contribution is 2.32. The van der Waals surface area contributed by atoms with Crippen LogP contribution in [0.2, 0.25) is 0 Å². The van der Waals surface area contributed by atoms with E-state index in [0.717, 1.165) is 18.6 Å². The maximum atomic E-state index is 6.11. The van der Waals surface area contributed by atoms with E-state index in [1.54, 1.807) is 0 Å². The van der Waals surface area contributed by atoms with Crippen molar-refractivity contribution in [2.45, 2.75) is 46.5 Å². The fraction of sp³-hybridized carbons (Fsp3) is 0.429. The number of ether oxygens (including phenoxy) is 1. The normalized spacial score (nSPS) is 12.2. The molecule has 124 valence electrons. The number of rotatable bonds is 7. The molecule has 0 aliphatic carbocycles. The summed E-state index contributed by atoms with van der Waals surface area (Å²) >= 11 is 0. The van der Waals surface area contributed by atoms with Crippen LogP contribution in [0.1, 0.15) is 47.6 Å². The summed E-state index contributed by atoms with van der Waals surface area (Å²) in [5.41, 5.74) is 12.6. The molecule has 23 heavy (non-hydrogen) atoms. The third-order valence-electron chi connectivity index (χ3n) is 4.56. The lowest BCUT2D eigenvalue weighted by Gasteiger charge is -2.21. The summed E-state index contributed by atoms with van der Waals surface area (Å²) in [5.74, 6) is 1.26. The van der Waals surface area contributed by atoms with Gasteiger partial charge in [-0.05, 0) is 74.0 Å². The molecule has 0 heterocycles. The molecular formula is C21H29NO. The first kappa shape index (κ1) is 17.6. The molecule has 0 radical (unpaired) electrons. The molecule has 1 unspecified atom stereocenters. The Balaban J connectivity index is 2.30. The van der Waals surface area contributed by atoms with Crippen molar-refractivity contribution in [1.29, 1.82) is 0 Å². The van der Waals surface area contributed by atoms with E-state index in [-0.39, 0.29) is 5.92 Å². The molecule has 0 aliphatic heterocycles. The van der Waals surface area contributed by atoms with E-state index in [4.69, 9.17) is 10.5 Å². The molecule has 2 aromatic carbocycles. The highest BCUT2D eigenvalue weighted by Gasteiger charge is 2.17. The SMILES string of the molecule is CCOc1cc(C)c(C)cc1C(CN)Cc1ccc(CC)cc1. The van der Waals surface area contributed by atoms with Crippen LogP contribution in [-0.2, 0) is 12.8 Å². The first-order valence-electron chi connectivity index (χ1n) is 8.60. The summed E-state index contributed by atoms with van der Waals surface area (Å²) in [4.78, 5) is 0. The van der Waals surface area contributed by atoms with E-state index in [9.17, 15) is 0 Å². The zero-order chi connectivity index (χ0) is 16.8. The Hall–Kier alpha value is -1.80. The van der Waals surface area contributed by atoms with Gasteiger partial charge in [-0.3, -0.25) is 0 Å². The average molecular weight is 311 g/mol. The Morgan fingerprint density at radius 2 is 1.57 bits per heavy atom. The van der Waals surface area contributed by atoms with Gasteiger partial charge >= 0.3 is 0 Å². The molecule has 2 heteroatoms. The standard InChI is InChI=1S/C21H29NO/c1-5-17-7-9-18(10-8-17)13-19(14-22)20-11-15(3)16(4)12-21(20)23-6-2/h7-12,19H,5-6,13-14,22H2,1-4H3. The highest BCUT2D eigenvalue weighted by atomic mass is 16.5. The second kappa shape index (κ2) is 8.16. The molecule has 2 rings (SSSR count). The number of benzene rings is 2. The molecule has 0 saturated heterocycles. The molecule has 0 fully saturated rings. The summed E-state index contributed by atoms with van der Waals surface area (Å²) in [6.45, 7) is 9.79. The highest BCUT2D eigenvalue weighted by molar-refractivity contribution is 5.44. The average Bonchev–Trinajstić information content (AvgIpc) is 2.57. The van der Waals surface area contributed by atoms with Gasteiger partial charge in [0.2, 0.25) is 0 Å². The van der Waals surface area contributed by atoms with Gasteiger partial charge in [-0.2, -0.15) is 0 Å². The van der Waals surface area contributed by atoms with Crippen molar-refractivity contribution in [2.75, 3.05) is 13.2 Å². The molecule has 2 aromatic rings. The third-order valence-corrected chi connectivity index (χ3v) is 4.56. The minimum Gasteiger partial charge on any atom is -0.494 e. The number of hydrogen-bond acceptors (Lipinski definition) is 2. The second-order valence-electron chi connectivity index (χ2n) is 6.21. The minimum atomic E-state index is 0.281. The summed E-state index contributed by atoms with van der Waals surface area (Å²) in [6, 6.07) is 13.3. The van der Waals surface area contributed by atoms with Crippen LogP contribution in [0.3, 0.4) is 0 Å². The molecule has 0 aromatic heterocycles. The largest absolute Gasteiger partial charge is 0.494 e. The lowest BCUT2D eigenvalue weighted by atomic mass is 9.89. The molecule has 1 atom stereocenters. The smallest absolute Gasteiger partial charge is 0.123 e. The summed E-state index contributed by atoms with van der Waals surface area (Å²) < 4.78 is 5.87. The van der Waals surface area contributed by atoms with Crippen LogP contribution in [0.15, 0.2) is 36.4 Å². The van der Waals surface area contributed by atoms with Gasteiger partial charge < -0.3 is 10.5 Å². The van der Waals surface area contributed by atoms with E-state index in [0.29, 0.717) is 13.2 Å². The van der Waals surface area contributed by atoms with E-state index in [1.165, 1.54) is 27.8 Å².